The van der Waals surface area contributed by atoms with Crippen LogP contribution in [0, 0.1) is 0 Å². The zero-order chi connectivity index (χ0) is 15.2. The van der Waals surface area contributed by atoms with Crippen LogP contribution in [-0.4, -0.2) is 29.3 Å². The van der Waals surface area contributed by atoms with Crippen LogP contribution in [-0.2, 0) is 25.7 Å². The Labute approximate surface area is 124 Å². The Morgan fingerprint density at radius 3 is 2.45 bits per heavy atom. The first-order valence-electron chi connectivity index (χ1n) is 6.45. The molecule has 0 aliphatic carbocycles. The number of Topliss-reactive ketones (excluding diaryl/α,β-unsaturated/α-hetero) is 1. The van der Waals surface area contributed by atoms with Crippen molar-refractivity contribution < 1.29 is 19.1 Å². The van der Waals surface area contributed by atoms with E-state index in [0.717, 1.165) is 5.56 Å². The molecular formula is C15H19ClO4. The lowest BCUT2D eigenvalue weighted by molar-refractivity contribution is -0.152. The number of carbonyl (C=O) groups excluding carboxylic acids is 2. The Morgan fingerprint density at radius 1 is 1.30 bits per heavy atom. The Hall–Kier alpha value is -1.39. The predicted molar refractivity (Wildman–Crippen MR) is 76.6 cm³/mol. The first-order valence-corrected chi connectivity index (χ1v) is 6.83. The molecule has 0 aromatic heterocycles. The van der Waals surface area contributed by atoms with Gasteiger partial charge in [0.1, 0.15) is 6.10 Å². The van der Waals surface area contributed by atoms with E-state index in [4.69, 9.17) is 21.1 Å². The zero-order valence-electron chi connectivity index (χ0n) is 11.9. The summed E-state index contributed by atoms with van der Waals surface area (Å²) in [5.41, 5.74) is 0.944. The molecule has 0 spiro atoms. The molecule has 0 aliphatic heterocycles. The Bertz CT molecular complexity index is 456. The number of esters is 1. The molecule has 110 valence electrons. The van der Waals surface area contributed by atoms with Crippen LogP contribution in [0.3, 0.4) is 0 Å². The van der Waals surface area contributed by atoms with Crippen molar-refractivity contribution in [2.75, 3.05) is 6.61 Å². The van der Waals surface area contributed by atoms with Crippen molar-refractivity contribution in [3.63, 3.8) is 0 Å². The SMILES string of the molecule is CCOC(=O)C(C)(Cl)C(=O)[C@H](C)OCc1ccccc1. The summed E-state index contributed by atoms with van der Waals surface area (Å²) >= 11 is 5.99. The molecule has 0 saturated heterocycles. The summed E-state index contributed by atoms with van der Waals surface area (Å²) in [5.74, 6) is -1.25. The summed E-state index contributed by atoms with van der Waals surface area (Å²) < 4.78 is 10.3. The van der Waals surface area contributed by atoms with Crippen molar-refractivity contribution in [2.24, 2.45) is 0 Å². The molecule has 1 aromatic rings. The zero-order valence-corrected chi connectivity index (χ0v) is 12.6. The molecule has 1 aromatic carbocycles. The number of benzene rings is 1. The number of rotatable bonds is 7. The van der Waals surface area contributed by atoms with Crippen LogP contribution in [0.25, 0.3) is 0 Å². The lowest BCUT2D eigenvalue weighted by Gasteiger charge is -2.22. The van der Waals surface area contributed by atoms with E-state index in [1.165, 1.54) is 6.92 Å². The van der Waals surface area contributed by atoms with E-state index < -0.39 is 22.7 Å². The second-order valence-electron chi connectivity index (χ2n) is 4.53. The quantitative estimate of drug-likeness (QED) is 0.441. The first kappa shape index (κ1) is 16.7. The minimum atomic E-state index is -1.72. The van der Waals surface area contributed by atoms with E-state index in [-0.39, 0.29) is 13.2 Å². The molecule has 0 amide bonds. The maximum absolute atomic E-state index is 12.1. The number of ketones is 1. The van der Waals surface area contributed by atoms with Gasteiger partial charge in [0.2, 0.25) is 0 Å². The number of ether oxygens (including phenoxy) is 2. The van der Waals surface area contributed by atoms with Gasteiger partial charge < -0.3 is 9.47 Å². The molecule has 0 radical (unpaired) electrons. The average molecular weight is 299 g/mol. The molecule has 0 saturated carbocycles. The fourth-order valence-electron chi connectivity index (χ4n) is 1.62. The fourth-order valence-corrected chi connectivity index (χ4v) is 1.83. The summed E-state index contributed by atoms with van der Waals surface area (Å²) in [6.07, 6.45) is -0.790. The molecule has 0 aliphatic rings. The van der Waals surface area contributed by atoms with Crippen LogP contribution < -0.4 is 0 Å². The average Bonchev–Trinajstić information content (AvgIpc) is 2.45. The predicted octanol–water partition coefficient (Wildman–Crippen LogP) is 2.72. The van der Waals surface area contributed by atoms with Crippen molar-refractivity contribution in [3.8, 4) is 0 Å². The third-order valence-electron chi connectivity index (χ3n) is 2.83. The third kappa shape index (κ3) is 4.32. The Morgan fingerprint density at radius 2 is 1.90 bits per heavy atom. The van der Waals surface area contributed by atoms with Gasteiger partial charge in [-0.15, -0.1) is 0 Å². The van der Waals surface area contributed by atoms with Gasteiger partial charge in [0.25, 0.3) is 0 Å². The number of hydrogen-bond donors (Lipinski definition) is 0. The van der Waals surface area contributed by atoms with Gasteiger partial charge in [-0.3, -0.25) is 4.79 Å². The van der Waals surface area contributed by atoms with E-state index >= 15 is 0 Å². The van der Waals surface area contributed by atoms with Crippen LogP contribution >= 0.6 is 11.6 Å². The lowest BCUT2D eigenvalue weighted by Crippen LogP contribution is -2.45. The van der Waals surface area contributed by atoms with Crippen molar-refractivity contribution in [1.82, 2.24) is 0 Å². The highest BCUT2D eigenvalue weighted by Gasteiger charge is 2.43. The molecule has 2 atom stereocenters. The highest BCUT2D eigenvalue weighted by molar-refractivity contribution is 6.45. The van der Waals surface area contributed by atoms with Crippen molar-refractivity contribution in [3.05, 3.63) is 35.9 Å². The van der Waals surface area contributed by atoms with Crippen LogP contribution in [0.15, 0.2) is 30.3 Å². The number of alkyl halides is 1. The van der Waals surface area contributed by atoms with Gasteiger partial charge in [-0.1, -0.05) is 41.9 Å². The van der Waals surface area contributed by atoms with Gasteiger partial charge in [0, 0.05) is 0 Å². The Kier molecular flexibility index (Phi) is 6.17. The van der Waals surface area contributed by atoms with E-state index in [0.29, 0.717) is 0 Å². The summed E-state index contributed by atoms with van der Waals surface area (Å²) in [5, 5.41) is 0. The number of carbonyl (C=O) groups is 2. The van der Waals surface area contributed by atoms with Gasteiger partial charge in [-0.05, 0) is 26.3 Å². The molecule has 0 heterocycles. The van der Waals surface area contributed by atoms with Crippen LogP contribution in [0.1, 0.15) is 26.3 Å². The van der Waals surface area contributed by atoms with Gasteiger partial charge in [0.05, 0.1) is 13.2 Å². The number of hydrogen-bond acceptors (Lipinski definition) is 4. The third-order valence-corrected chi connectivity index (χ3v) is 3.17. The highest BCUT2D eigenvalue weighted by atomic mass is 35.5. The molecule has 4 nitrogen and oxygen atoms in total. The maximum Gasteiger partial charge on any atom is 0.334 e. The summed E-state index contributed by atoms with van der Waals surface area (Å²) in [6, 6.07) is 9.45. The van der Waals surface area contributed by atoms with Crippen molar-refractivity contribution in [1.29, 1.82) is 0 Å². The van der Waals surface area contributed by atoms with Gasteiger partial charge >= 0.3 is 5.97 Å². The summed E-state index contributed by atoms with van der Waals surface area (Å²) in [4.78, 5) is 22.1. The lowest BCUT2D eigenvalue weighted by atomic mass is 10.0. The van der Waals surface area contributed by atoms with Crippen molar-refractivity contribution >= 4 is 23.4 Å². The van der Waals surface area contributed by atoms with Crippen LogP contribution in [0.4, 0.5) is 0 Å². The van der Waals surface area contributed by atoms with E-state index in [1.807, 2.05) is 30.3 Å². The second kappa shape index (κ2) is 7.41. The summed E-state index contributed by atoms with van der Waals surface area (Å²) in [6.45, 7) is 5.02. The van der Waals surface area contributed by atoms with Crippen LogP contribution in [0.5, 0.6) is 0 Å². The Balaban J connectivity index is 2.60. The monoisotopic (exact) mass is 298 g/mol. The van der Waals surface area contributed by atoms with Gasteiger partial charge in [-0.2, -0.15) is 0 Å². The molecule has 5 heteroatoms. The van der Waals surface area contributed by atoms with E-state index in [9.17, 15) is 9.59 Å². The molecule has 0 N–H and O–H groups in total. The fraction of sp³-hybridized carbons (Fsp3) is 0.467. The normalized spacial score (nSPS) is 15.2. The molecule has 0 bridgehead atoms. The molecular weight excluding hydrogens is 280 g/mol. The van der Waals surface area contributed by atoms with E-state index in [2.05, 4.69) is 0 Å². The topological polar surface area (TPSA) is 52.6 Å². The molecule has 0 fully saturated rings. The van der Waals surface area contributed by atoms with E-state index in [1.54, 1.807) is 13.8 Å². The second-order valence-corrected chi connectivity index (χ2v) is 5.28. The molecule has 20 heavy (non-hydrogen) atoms. The van der Waals surface area contributed by atoms with Gasteiger partial charge in [-0.25, -0.2) is 4.79 Å². The smallest absolute Gasteiger partial charge is 0.334 e. The standard InChI is InChI=1S/C15H19ClO4/c1-4-19-14(18)15(3,16)13(17)11(2)20-10-12-8-6-5-7-9-12/h5-9,11H,4,10H2,1-3H3/t11-,15?/m0/s1. The maximum atomic E-state index is 12.1. The van der Waals surface area contributed by atoms with Crippen molar-refractivity contribution in [2.45, 2.75) is 38.4 Å². The largest absolute Gasteiger partial charge is 0.464 e. The van der Waals surface area contributed by atoms with Crippen LogP contribution in [0.2, 0.25) is 0 Å². The van der Waals surface area contributed by atoms with Gasteiger partial charge in [0.15, 0.2) is 10.7 Å². The number of halogens is 1. The minimum absolute atomic E-state index is 0.174. The molecule has 1 rings (SSSR count). The minimum Gasteiger partial charge on any atom is -0.464 e. The highest BCUT2D eigenvalue weighted by Crippen LogP contribution is 2.21. The first-order chi connectivity index (χ1) is 9.39. The molecule has 1 unspecified atom stereocenters. The summed E-state index contributed by atoms with van der Waals surface area (Å²) in [7, 11) is 0.